The van der Waals surface area contributed by atoms with Crippen LogP contribution >= 0.6 is 0 Å². The van der Waals surface area contributed by atoms with Crippen LogP contribution in [0.25, 0.3) is 0 Å². The van der Waals surface area contributed by atoms with Gasteiger partial charge in [0.15, 0.2) is 0 Å². The van der Waals surface area contributed by atoms with Crippen molar-refractivity contribution in [2.45, 2.75) is 31.1 Å². The molecule has 0 aromatic heterocycles. The number of likely N-dealkylation sites (tertiary alicyclic amines) is 1. The molecular formula is C21H23N3O4S. The number of anilines is 2. The van der Waals surface area contributed by atoms with Gasteiger partial charge >= 0.3 is 0 Å². The van der Waals surface area contributed by atoms with Crippen molar-refractivity contribution in [1.82, 2.24) is 4.90 Å². The highest BCUT2D eigenvalue weighted by molar-refractivity contribution is 7.92. The molecule has 1 fully saturated rings. The number of amides is 2. The van der Waals surface area contributed by atoms with E-state index in [0.717, 1.165) is 24.1 Å². The van der Waals surface area contributed by atoms with E-state index in [2.05, 4.69) is 4.72 Å². The van der Waals surface area contributed by atoms with Crippen LogP contribution in [0.5, 0.6) is 0 Å². The molecular weight excluding hydrogens is 390 g/mol. The summed E-state index contributed by atoms with van der Waals surface area (Å²) in [6.45, 7) is 3.43. The number of para-hydroxylation sites is 1. The molecule has 2 amide bonds. The van der Waals surface area contributed by atoms with Crippen LogP contribution in [0, 0.1) is 0 Å². The lowest BCUT2D eigenvalue weighted by molar-refractivity contribution is -0.116. The SMILES string of the molecule is CC(=O)N1CCc2cc(S(=O)(=O)Nc3ccccc3C(=O)N3CCCC3)ccc21. The third-order valence-electron chi connectivity index (χ3n) is 5.43. The highest BCUT2D eigenvalue weighted by Crippen LogP contribution is 2.31. The van der Waals surface area contributed by atoms with E-state index in [1.54, 1.807) is 46.2 Å². The van der Waals surface area contributed by atoms with Crippen molar-refractivity contribution in [1.29, 1.82) is 0 Å². The number of fused-ring (bicyclic) bond motifs is 1. The van der Waals surface area contributed by atoms with Gasteiger partial charge in [0.1, 0.15) is 0 Å². The van der Waals surface area contributed by atoms with Gasteiger partial charge in [0.25, 0.3) is 15.9 Å². The van der Waals surface area contributed by atoms with Crippen molar-refractivity contribution in [2.24, 2.45) is 0 Å². The third kappa shape index (κ3) is 3.72. The average Bonchev–Trinajstić information content (AvgIpc) is 3.37. The summed E-state index contributed by atoms with van der Waals surface area (Å²) in [5, 5.41) is 0. The zero-order valence-electron chi connectivity index (χ0n) is 16.2. The first-order valence-corrected chi connectivity index (χ1v) is 11.2. The maximum atomic E-state index is 13.0. The third-order valence-corrected chi connectivity index (χ3v) is 6.80. The number of hydrogen-bond donors (Lipinski definition) is 1. The van der Waals surface area contributed by atoms with Crippen LogP contribution in [-0.2, 0) is 21.2 Å². The second kappa shape index (κ2) is 7.51. The maximum Gasteiger partial charge on any atom is 0.261 e. The van der Waals surface area contributed by atoms with E-state index in [9.17, 15) is 18.0 Å². The predicted molar refractivity (Wildman–Crippen MR) is 111 cm³/mol. The Kier molecular flexibility index (Phi) is 5.04. The Bertz CT molecular complexity index is 1080. The van der Waals surface area contributed by atoms with E-state index in [1.807, 2.05) is 0 Å². The monoisotopic (exact) mass is 413 g/mol. The molecule has 2 aromatic carbocycles. The molecule has 2 aliphatic heterocycles. The molecule has 1 saturated heterocycles. The Balaban J connectivity index is 1.62. The molecule has 4 rings (SSSR count). The average molecular weight is 413 g/mol. The number of carbonyl (C=O) groups excluding carboxylic acids is 2. The minimum atomic E-state index is -3.88. The molecule has 0 bridgehead atoms. The molecule has 0 radical (unpaired) electrons. The first kappa shape index (κ1) is 19.4. The van der Waals surface area contributed by atoms with Crippen LogP contribution in [0.2, 0.25) is 0 Å². The van der Waals surface area contributed by atoms with Crippen molar-refractivity contribution in [3.8, 4) is 0 Å². The van der Waals surface area contributed by atoms with Gasteiger partial charge in [0, 0.05) is 32.2 Å². The summed E-state index contributed by atoms with van der Waals surface area (Å²) in [5.41, 5.74) is 2.20. The summed E-state index contributed by atoms with van der Waals surface area (Å²) in [6.07, 6.45) is 2.54. The van der Waals surface area contributed by atoms with Gasteiger partial charge in [0.2, 0.25) is 5.91 Å². The molecule has 0 atom stereocenters. The summed E-state index contributed by atoms with van der Waals surface area (Å²) < 4.78 is 28.6. The van der Waals surface area contributed by atoms with Crippen LogP contribution in [0.3, 0.4) is 0 Å². The van der Waals surface area contributed by atoms with Gasteiger partial charge in [-0.3, -0.25) is 14.3 Å². The molecule has 152 valence electrons. The minimum Gasteiger partial charge on any atom is -0.339 e. The smallest absolute Gasteiger partial charge is 0.261 e. The van der Waals surface area contributed by atoms with Crippen molar-refractivity contribution in [3.63, 3.8) is 0 Å². The van der Waals surface area contributed by atoms with Gasteiger partial charge in [-0.2, -0.15) is 0 Å². The zero-order valence-corrected chi connectivity index (χ0v) is 17.0. The first-order valence-electron chi connectivity index (χ1n) is 9.69. The second-order valence-corrected chi connectivity index (χ2v) is 9.04. The van der Waals surface area contributed by atoms with Crippen molar-refractivity contribution in [3.05, 3.63) is 53.6 Å². The highest BCUT2D eigenvalue weighted by Gasteiger charge is 2.27. The molecule has 2 aromatic rings. The molecule has 2 aliphatic rings. The van der Waals surface area contributed by atoms with Gasteiger partial charge in [-0.15, -0.1) is 0 Å². The number of carbonyl (C=O) groups is 2. The van der Waals surface area contributed by atoms with Gasteiger partial charge in [-0.1, -0.05) is 12.1 Å². The van der Waals surface area contributed by atoms with E-state index < -0.39 is 10.0 Å². The fourth-order valence-electron chi connectivity index (χ4n) is 3.93. The maximum absolute atomic E-state index is 13.0. The van der Waals surface area contributed by atoms with Crippen LogP contribution in [0.4, 0.5) is 11.4 Å². The summed E-state index contributed by atoms with van der Waals surface area (Å²) in [5.74, 6) is -0.223. The molecule has 2 heterocycles. The van der Waals surface area contributed by atoms with Gasteiger partial charge in [-0.05, 0) is 55.2 Å². The fraction of sp³-hybridized carbons (Fsp3) is 0.333. The van der Waals surface area contributed by atoms with Gasteiger partial charge < -0.3 is 9.80 Å². The second-order valence-electron chi connectivity index (χ2n) is 7.36. The Morgan fingerprint density at radius 1 is 1.00 bits per heavy atom. The van der Waals surface area contributed by atoms with Crippen LogP contribution in [0.15, 0.2) is 47.4 Å². The Morgan fingerprint density at radius 2 is 1.72 bits per heavy atom. The Hall–Kier alpha value is -2.87. The summed E-state index contributed by atoms with van der Waals surface area (Å²) in [6, 6.07) is 11.4. The van der Waals surface area contributed by atoms with Crippen LogP contribution in [0.1, 0.15) is 35.7 Å². The van der Waals surface area contributed by atoms with Gasteiger partial charge in [0.05, 0.1) is 16.1 Å². The lowest BCUT2D eigenvalue weighted by Crippen LogP contribution is -2.28. The molecule has 0 unspecified atom stereocenters. The standard InChI is InChI=1S/C21H23N3O4S/c1-15(25)24-13-10-16-14-17(8-9-20(16)24)29(27,28)22-19-7-3-2-6-18(19)21(26)23-11-4-5-12-23/h2-3,6-9,14,22H,4-5,10-13H2,1H3. The predicted octanol–water partition coefficient (Wildman–Crippen LogP) is 2.63. The van der Waals surface area contributed by atoms with E-state index in [0.29, 0.717) is 31.6 Å². The number of rotatable bonds is 4. The minimum absolute atomic E-state index is 0.0631. The first-order chi connectivity index (χ1) is 13.9. The Labute approximate surface area is 170 Å². The molecule has 8 heteroatoms. The number of hydrogen-bond acceptors (Lipinski definition) is 4. The van der Waals surface area contributed by atoms with E-state index in [4.69, 9.17) is 0 Å². The lowest BCUT2D eigenvalue weighted by atomic mass is 10.1. The molecule has 0 aliphatic carbocycles. The summed E-state index contributed by atoms with van der Waals surface area (Å²) >= 11 is 0. The van der Waals surface area contributed by atoms with E-state index in [1.165, 1.54) is 13.0 Å². The fourth-order valence-corrected chi connectivity index (χ4v) is 5.06. The van der Waals surface area contributed by atoms with Crippen molar-refractivity contribution < 1.29 is 18.0 Å². The van der Waals surface area contributed by atoms with Gasteiger partial charge in [-0.25, -0.2) is 8.42 Å². The largest absolute Gasteiger partial charge is 0.339 e. The molecule has 0 saturated carbocycles. The lowest BCUT2D eigenvalue weighted by Gasteiger charge is -2.18. The number of sulfonamides is 1. The quantitative estimate of drug-likeness (QED) is 0.835. The number of benzene rings is 2. The number of nitrogens with one attached hydrogen (secondary N) is 1. The Morgan fingerprint density at radius 3 is 2.45 bits per heavy atom. The molecule has 0 spiro atoms. The normalized spacial score (nSPS) is 16.0. The molecule has 29 heavy (non-hydrogen) atoms. The van der Waals surface area contributed by atoms with Crippen molar-refractivity contribution in [2.75, 3.05) is 29.3 Å². The molecule has 1 N–H and O–H groups in total. The zero-order chi connectivity index (χ0) is 20.6. The summed E-state index contributed by atoms with van der Waals surface area (Å²) in [7, 11) is -3.88. The number of nitrogens with zero attached hydrogens (tertiary/aromatic N) is 2. The van der Waals surface area contributed by atoms with Crippen LogP contribution < -0.4 is 9.62 Å². The summed E-state index contributed by atoms with van der Waals surface area (Å²) in [4.78, 5) is 28.0. The molecule has 7 nitrogen and oxygen atoms in total. The van der Waals surface area contributed by atoms with Crippen LogP contribution in [-0.4, -0.2) is 44.8 Å². The highest BCUT2D eigenvalue weighted by atomic mass is 32.2. The van der Waals surface area contributed by atoms with Crippen molar-refractivity contribution >= 4 is 33.2 Å². The van der Waals surface area contributed by atoms with E-state index in [-0.39, 0.29) is 22.4 Å². The topological polar surface area (TPSA) is 86.8 Å². The van der Waals surface area contributed by atoms with E-state index >= 15 is 0 Å².